The van der Waals surface area contributed by atoms with E-state index in [2.05, 4.69) is 10.3 Å². The number of hydrogen-bond acceptors (Lipinski definition) is 4. The quantitative estimate of drug-likeness (QED) is 0.712. The number of amides is 1. The monoisotopic (exact) mass is 224 g/mol. The van der Waals surface area contributed by atoms with Crippen LogP contribution in [0, 0.1) is 0 Å². The number of nitrogens with zero attached hydrogens (tertiary/aromatic N) is 1. The molecule has 2 N–H and O–H groups in total. The average molecular weight is 224 g/mol. The van der Waals surface area contributed by atoms with Crippen molar-refractivity contribution in [3.05, 3.63) is 18.3 Å². The van der Waals surface area contributed by atoms with Gasteiger partial charge in [0.05, 0.1) is 12.2 Å². The van der Waals surface area contributed by atoms with Crippen molar-refractivity contribution < 1.29 is 14.6 Å². The van der Waals surface area contributed by atoms with Crippen molar-refractivity contribution in [1.82, 2.24) is 4.98 Å². The highest BCUT2D eigenvalue weighted by molar-refractivity contribution is 5.71. The third-order valence-corrected chi connectivity index (χ3v) is 1.92. The summed E-state index contributed by atoms with van der Waals surface area (Å²) in [5, 5.41) is 12.0. The number of nitrogens with one attached hydrogen (secondary N) is 1. The maximum absolute atomic E-state index is 10.2. The minimum Gasteiger partial charge on any atom is -0.477 e. The number of carbonyl (C=O) groups is 1. The van der Waals surface area contributed by atoms with Gasteiger partial charge in [0.2, 0.25) is 12.3 Å². The summed E-state index contributed by atoms with van der Waals surface area (Å²) < 4.78 is 5.34. The molecule has 1 rings (SSSR count). The van der Waals surface area contributed by atoms with Gasteiger partial charge in [0.15, 0.2) is 0 Å². The summed E-state index contributed by atoms with van der Waals surface area (Å²) >= 11 is 0. The molecule has 16 heavy (non-hydrogen) atoms. The molecule has 0 radical (unpaired) electrons. The van der Waals surface area contributed by atoms with Gasteiger partial charge >= 0.3 is 0 Å². The second-order valence-electron chi connectivity index (χ2n) is 4.06. The molecule has 0 unspecified atom stereocenters. The van der Waals surface area contributed by atoms with E-state index in [4.69, 9.17) is 4.74 Å². The highest BCUT2D eigenvalue weighted by Crippen LogP contribution is 2.14. The zero-order chi connectivity index (χ0) is 12.0. The van der Waals surface area contributed by atoms with Crippen LogP contribution in [0.2, 0.25) is 0 Å². The molecule has 0 aliphatic rings. The molecule has 0 aliphatic heterocycles. The topological polar surface area (TPSA) is 71.5 Å². The van der Waals surface area contributed by atoms with Crippen molar-refractivity contribution in [3.8, 4) is 5.88 Å². The number of pyridine rings is 1. The Morgan fingerprint density at radius 2 is 2.38 bits per heavy atom. The van der Waals surface area contributed by atoms with Crippen LogP contribution in [0.4, 0.5) is 5.69 Å². The summed E-state index contributed by atoms with van der Waals surface area (Å²) in [6.45, 7) is 3.81. The van der Waals surface area contributed by atoms with Gasteiger partial charge < -0.3 is 15.2 Å². The van der Waals surface area contributed by atoms with E-state index < -0.39 is 5.60 Å². The van der Waals surface area contributed by atoms with E-state index in [-0.39, 0.29) is 0 Å². The molecule has 88 valence electrons. The molecule has 1 aromatic heterocycles. The standard InChI is InChI=1S/C11H16N2O3/c1-11(2,15)4-6-16-10-7-9(13-8-14)3-5-12-10/h3,5,7-8,15H,4,6H2,1-2H3,(H,12,13,14). The van der Waals surface area contributed by atoms with Crippen LogP contribution in [0.3, 0.4) is 0 Å². The lowest BCUT2D eigenvalue weighted by Gasteiger charge is -2.16. The molecular weight excluding hydrogens is 208 g/mol. The molecule has 0 atom stereocenters. The Labute approximate surface area is 94.5 Å². The Bertz CT molecular complexity index is 347. The van der Waals surface area contributed by atoms with Crippen LogP contribution in [-0.2, 0) is 4.79 Å². The summed E-state index contributed by atoms with van der Waals surface area (Å²) in [7, 11) is 0. The maximum atomic E-state index is 10.2. The SMILES string of the molecule is CC(C)(O)CCOc1cc(NC=O)ccn1. The van der Waals surface area contributed by atoms with Gasteiger partial charge in [0, 0.05) is 24.4 Å². The summed E-state index contributed by atoms with van der Waals surface area (Å²) in [6, 6.07) is 3.29. The number of ether oxygens (including phenoxy) is 1. The van der Waals surface area contributed by atoms with E-state index in [1.54, 1.807) is 32.2 Å². The van der Waals surface area contributed by atoms with Gasteiger partial charge in [-0.05, 0) is 19.9 Å². The van der Waals surface area contributed by atoms with Crippen molar-refractivity contribution in [2.75, 3.05) is 11.9 Å². The molecule has 0 saturated heterocycles. The zero-order valence-corrected chi connectivity index (χ0v) is 9.43. The number of carbonyl (C=O) groups excluding carboxylic acids is 1. The molecule has 0 saturated carbocycles. The summed E-state index contributed by atoms with van der Waals surface area (Å²) in [6.07, 6.45) is 2.65. The fourth-order valence-corrected chi connectivity index (χ4v) is 1.05. The number of anilines is 1. The Morgan fingerprint density at radius 1 is 1.62 bits per heavy atom. The number of aliphatic hydroxyl groups is 1. The third kappa shape index (κ3) is 4.75. The second kappa shape index (κ2) is 5.46. The lowest BCUT2D eigenvalue weighted by molar-refractivity contribution is -0.105. The number of hydrogen-bond donors (Lipinski definition) is 2. The summed E-state index contributed by atoms with van der Waals surface area (Å²) in [4.78, 5) is 14.2. The first-order valence-electron chi connectivity index (χ1n) is 5.03. The molecular formula is C11H16N2O3. The van der Waals surface area contributed by atoms with Crippen LogP contribution < -0.4 is 10.1 Å². The smallest absolute Gasteiger partial charge is 0.215 e. The van der Waals surface area contributed by atoms with E-state index in [1.165, 1.54) is 0 Å². The van der Waals surface area contributed by atoms with E-state index in [9.17, 15) is 9.90 Å². The van der Waals surface area contributed by atoms with Crippen LogP contribution in [0.15, 0.2) is 18.3 Å². The van der Waals surface area contributed by atoms with Gasteiger partial charge in [-0.3, -0.25) is 4.79 Å². The average Bonchev–Trinajstić information content (AvgIpc) is 2.17. The third-order valence-electron chi connectivity index (χ3n) is 1.92. The van der Waals surface area contributed by atoms with Gasteiger partial charge in [0.1, 0.15) is 0 Å². The molecule has 0 bridgehead atoms. The van der Waals surface area contributed by atoms with Crippen molar-refractivity contribution in [2.45, 2.75) is 25.9 Å². The van der Waals surface area contributed by atoms with Crippen LogP contribution in [-0.4, -0.2) is 28.7 Å². The molecule has 0 fully saturated rings. The molecule has 5 nitrogen and oxygen atoms in total. The molecule has 0 spiro atoms. The minimum atomic E-state index is -0.751. The van der Waals surface area contributed by atoms with Crippen molar-refractivity contribution in [1.29, 1.82) is 0 Å². The van der Waals surface area contributed by atoms with E-state index >= 15 is 0 Å². The van der Waals surface area contributed by atoms with Crippen molar-refractivity contribution in [3.63, 3.8) is 0 Å². The van der Waals surface area contributed by atoms with Gasteiger partial charge in [-0.25, -0.2) is 4.98 Å². The minimum absolute atomic E-state index is 0.376. The lowest BCUT2D eigenvalue weighted by atomic mass is 10.1. The van der Waals surface area contributed by atoms with E-state index in [0.717, 1.165) is 0 Å². The van der Waals surface area contributed by atoms with E-state index in [1.807, 2.05) is 0 Å². The highest BCUT2D eigenvalue weighted by atomic mass is 16.5. The number of aromatic nitrogens is 1. The molecule has 0 aromatic carbocycles. The largest absolute Gasteiger partial charge is 0.477 e. The zero-order valence-electron chi connectivity index (χ0n) is 9.43. The molecule has 1 aromatic rings. The molecule has 1 amide bonds. The van der Waals surface area contributed by atoms with Crippen LogP contribution in [0.1, 0.15) is 20.3 Å². The van der Waals surface area contributed by atoms with Crippen LogP contribution >= 0.6 is 0 Å². The lowest BCUT2D eigenvalue weighted by Crippen LogP contribution is -2.21. The first-order chi connectivity index (χ1) is 7.51. The molecule has 0 aliphatic carbocycles. The Morgan fingerprint density at radius 3 is 3.00 bits per heavy atom. The predicted molar refractivity (Wildman–Crippen MR) is 60.3 cm³/mol. The van der Waals surface area contributed by atoms with E-state index in [0.29, 0.717) is 31.0 Å². The molecule has 1 heterocycles. The van der Waals surface area contributed by atoms with Gasteiger partial charge in [-0.15, -0.1) is 0 Å². The van der Waals surface area contributed by atoms with Crippen molar-refractivity contribution >= 4 is 12.1 Å². The van der Waals surface area contributed by atoms with Gasteiger partial charge in [0.25, 0.3) is 0 Å². The highest BCUT2D eigenvalue weighted by Gasteiger charge is 2.12. The second-order valence-corrected chi connectivity index (χ2v) is 4.06. The first kappa shape index (κ1) is 12.4. The van der Waals surface area contributed by atoms with Gasteiger partial charge in [-0.2, -0.15) is 0 Å². The predicted octanol–water partition coefficient (Wildman–Crippen LogP) is 1.19. The van der Waals surface area contributed by atoms with Crippen molar-refractivity contribution in [2.24, 2.45) is 0 Å². The van der Waals surface area contributed by atoms with Crippen LogP contribution in [0.5, 0.6) is 5.88 Å². The summed E-state index contributed by atoms with van der Waals surface area (Å²) in [5.74, 6) is 0.427. The van der Waals surface area contributed by atoms with Crippen LogP contribution in [0.25, 0.3) is 0 Å². The van der Waals surface area contributed by atoms with Gasteiger partial charge in [-0.1, -0.05) is 0 Å². The normalized spacial score (nSPS) is 10.9. The fraction of sp³-hybridized carbons (Fsp3) is 0.455. The Hall–Kier alpha value is -1.62. The summed E-state index contributed by atoms with van der Waals surface area (Å²) in [5.41, 5.74) is -0.123. The first-order valence-corrected chi connectivity index (χ1v) is 5.03. The maximum Gasteiger partial charge on any atom is 0.215 e. The number of rotatable bonds is 6. The fourth-order valence-electron chi connectivity index (χ4n) is 1.05. The molecule has 5 heteroatoms. The Balaban J connectivity index is 2.47. The Kier molecular flexibility index (Phi) is 4.25.